The molecule has 0 saturated carbocycles. The smallest absolute Gasteiger partial charge is 0.306 e. The summed E-state index contributed by atoms with van der Waals surface area (Å²) < 4.78 is 16.7. The quantitative estimate of drug-likeness (QED) is 0.0201. The predicted molar refractivity (Wildman–Crippen MR) is 247 cm³/mol. The first kappa shape index (κ1) is 54.6. The summed E-state index contributed by atoms with van der Waals surface area (Å²) in [5, 5.41) is 0. The van der Waals surface area contributed by atoms with Crippen LogP contribution in [0.4, 0.5) is 0 Å². The lowest BCUT2D eigenvalue weighted by Gasteiger charge is -2.18. The van der Waals surface area contributed by atoms with E-state index < -0.39 is 6.10 Å². The van der Waals surface area contributed by atoms with Gasteiger partial charge in [-0.2, -0.15) is 0 Å². The van der Waals surface area contributed by atoms with Gasteiger partial charge in [0.2, 0.25) is 0 Å². The maximum atomic E-state index is 12.7. The minimum absolute atomic E-state index is 0.0993. The maximum Gasteiger partial charge on any atom is 0.306 e. The van der Waals surface area contributed by atoms with E-state index in [1.54, 1.807) is 0 Å². The van der Waals surface area contributed by atoms with Crippen molar-refractivity contribution in [2.75, 3.05) is 13.2 Å². The Bertz CT molecular complexity index is 1160. The van der Waals surface area contributed by atoms with Crippen LogP contribution in [-0.2, 0) is 28.6 Å². The fourth-order valence-electron chi connectivity index (χ4n) is 6.04. The molecule has 0 saturated heterocycles. The van der Waals surface area contributed by atoms with Gasteiger partial charge in [0.25, 0.3) is 0 Å². The first-order valence-electron chi connectivity index (χ1n) is 23.6. The molecule has 6 nitrogen and oxygen atoms in total. The van der Waals surface area contributed by atoms with E-state index in [4.69, 9.17) is 14.2 Å². The summed E-state index contributed by atoms with van der Waals surface area (Å²) in [4.78, 5) is 37.7. The van der Waals surface area contributed by atoms with Crippen molar-refractivity contribution in [1.29, 1.82) is 0 Å². The van der Waals surface area contributed by atoms with Gasteiger partial charge in [-0.15, -0.1) is 0 Å². The van der Waals surface area contributed by atoms with E-state index in [9.17, 15) is 14.4 Å². The molecule has 0 N–H and O–H groups in total. The molecule has 0 fully saturated rings. The van der Waals surface area contributed by atoms with Gasteiger partial charge < -0.3 is 14.2 Å². The third kappa shape index (κ3) is 43.7. The molecule has 0 amide bonds. The number of allylic oxidation sites excluding steroid dienone is 14. The van der Waals surface area contributed by atoms with Crippen LogP contribution in [0.1, 0.15) is 207 Å². The van der Waals surface area contributed by atoms with Crippen LogP contribution >= 0.6 is 0 Å². The van der Waals surface area contributed by atoms with Gasteiger partial charge in [0.15, 0.2) is 6.10 Å². The molecule has 0 rings (SSSR count). The van der Waals surface area contributed by atoms with Gasteiger partial charge in [-0.3, -0.25) is 14.4 Å². The van der Waals surface area contributed by atoms with E-state index in [1.165, 1.54) is 38.5 Å². The Morgan fingerprint density at radius 3 is 1.21 bits per heavy atom. The average Bonchev–Trinajstić information content (AvgIpc) is 3.22. The van der Waals surface area contributed by atoms with Gasteiger partial charge in [0.1, 0.15) is 13.2 Å². The van der Waals surface area contributed by atoms with Crippen molar-refractivity contribution in [1.82, 2.24) is 0 Å². The van der Waals surface area contributed by atoms with Gasteiger partial charge in [-0.05, 0) is 96.3 Å². The SMILES string of the molecule is CC/C=C\C/C=C\C/C=C\C/C=C\CCCCCCCCC(=O)OCC(COC(=O)CCCCCC/C=C\CCCC)OC(=O)CCCCC/C=C\C=C/CCCC. The molecule has 6 heteroatoms. The molecule has 58 heavy (non-hydrogen) atoms. The lowest BCUT2D eigenvalue weighted by molar-refractivity contribution is -0.167. The van der Waals surface area contributed by atoms with Gasteiger partial charge >= 0.3 is 17.9 Å². The van der Waals surface area contributed by atoms with Gasteiger partial charge in [-0.25, -0.2) is 0 Å². The van der Waals surface area contributed by atoms with Crippen LogP contribution in [0.3, 0.4) is 0 Å². The van der Waals surface area contributed by atoms with Crippen molar-refractivity contribution in [3.05, 3.63) is 85.1 Å². The Labute approximate surface area is 356 Å². The third-order valence-electron chi connectivity index (χ3n) is 9.63. The fraction of sp³-hybridized carbons (Fsp3) is 0.673. The van der Waals surface area contributed by atoms with E-state index in [-0.39, 0.29) is 37.5 Å². The van der Waals surface area contributed by atoms with Crippen molar-refractivity contribution < 1.29 is 28.6 Å². The topological polar surface area (TPSA) is 78.9 Å². The molecule has 0 aromatic rings. The highest BCUT2D eigenvalue weighted by Crippen LogP contribution is 2.12. The zero-order chi connectivity index (χ0) is 42.3. The van der Waals surface area contributed by atoms with E-state index in [2.05, 4.69) is 106 Å². The molecule has 0 spiro atoms. The van der Waals surface area contributed by atoms with Crippen LogP contribution in [-0.4, -0.2) is 37.2 Å². The van der Waals surface area contributed by atoms with Crippen LogP contribution < -0.4 is 0 Å². The molecule has 0 heterocycles. The number of carbonyl (C=O) groups excluding carboxylic acids is 3. The second kappa shape index (κ2) is 46.3. The van der Waals surface area contributed by atoms with Gasteiger partial charge in [0.05, 0.1) is 0 Å². The monoisotopic (exact) mass is 807 g/mol. The zero-order valence-electron chi connectivity index (χ0n) is 37.5. The number of hydrogen-bond acceptors (Lipinski definition) is 6. The highest BCUT2D eigenvalue weighted by Gasteiger charge is 2.19. The van der Waals surface area contributed by atoms with Crippen LogP contribution in [0.2, 0.25) is 0 Å². The summed E-state index contributed by atoms with van der Waals surface area (Å²) in [5.74, 6) is -0.962. The fourth-order valence-corrected chi connectivity index (χ4v) is 6.04. The average molecular weight is 807 g/mol. The second-order valence-corrected chi connectivity index (χ2v) is 15.3. The standard InChI is InChI=1S/C52H86O6/c1-4-7-10-13-16-19-22-23-24-25-26-27-28-29-31-33-36-39-42-45-51(54)57-48-49(47-56-50(53)44-41-38-35-32-21-18-15-12-9-6-3)58-52(55)46-43-40-37-34-30-20-17-14-11-8-5-2/h7,10,14-20,23-24,26-27,30,49H,4-6,8-9,11-13,21-22,25,28-29,31-48H2,1-3H3/b10-7-,17-14-,18-15-,19-16-,24-23-,27-26-,30-20-. The molecular weight excluding hydrogens is 721 g/mol. The molecule has 0 radical (unpaired) electrons. The third-order valence-corrected chi connectivity index (χ3v) is 9.63. The Balaban J connectivity index is 4.39. The molecule has 1 unspecified atom stereocenters. The molecule has 0 aromatic heterocycles. The minimum atomic E-state index is -0.799. The summed E-state index contributed by atoms with van der Waals surface area (Å²) in [6.07, 6.45) is 58.5. The van der Waals surface area contributed by atoms with E-state index in [1.807, 2.05) is 0 Å². The number of hydrogen-bond donors (Lipinski definition) is 0. The lowest BCUT2D eigenvalue weighted by atomic mass is 10.1. The van der Waals surface area contributed by atoms with Crippen LogP contribution in [0.25, 0.3) is 0 Å². The Hall–Kier alpha value is -3.41. The highest BCUT2D eigenvalue weighted by atomic mass is 16.6. The van der Waals surface area contributed by atoms with E-state index in [0.717, 1.165) is 128 Å². The number of unbranched alkanes of at least 4 members (excludes halogenated alkanes) is 17. The van der Waals surface area contributed by atoms with Gasteiger partial charge in [-0.1, -0.05) is 176 Å². The molecule has 1 atom stereocenters. The van der Waals surface area contributed by atoms with E-state index in [0.29, 0.717) is 12.8 Å². The van der Waals surface area contributed by atoms with E-state index >= 15 is 0 Å². The summed E-state index contributed by atoms with van der Waals surface area (Å²) in [6.45, 7) is 6.36. The molecule has 330 valence electrons. The van der Waals surface area contributed by atoms with Crippen LogP contribution in [0.5, 0.6) is 0 Å². The molecular formula is C52H86O6. The normalized spacial score (nSPS) is 12.8. The van der Waals surface area contributed by atoms with Crippen molar-refractivity contribution >= 4 is 17.9 Å². The Kier molecular flexibility index (Phi) is 43.6. The molecule has 0 aliphatic carbocycles. The highest BCUT2D eigenvalue weighted by molar-refractivity contribution is 5.71. The van der Waals surface area contributed by atoms with Crippen LogP contribution in [0.15, 0.2) is 85.1 Å². The van der Waals surface area contributed by atoms with Crippen molar-refractivity contribution in [2.45, 2.75) is 213 Å². The molecule has 0 aromatic carbocycles. The Morgan fingerprint density at radius 1 is 0.379 bits per heavy atom. The zero-order valence-corrected chi connectivity index (χ0v) is 37.5. The summed E-state index contributed by atoms with van der Waals surface area (Å²) in [5.41, 5.74) is 0. The number of carbonyl (C=O) groups is 3. The minimum Gasteiger partial charge on any atom is -0.462 e. The van der Waals surface area contributed by atoms with Crippen molar-refractivity contribution in [3.8, 4) is 0 Å². The summed E-state index contributed by atoms with van der Waals surface area (Å²) in [6, 6.07) is 0. The largest absolute Gasteiger partial charge is 0.462 e. The summed E-state index contributed by atoms with van der Waals surface area (Å²) in [7, 11) is 0. The lowest BCUT2D eigenvalue weighted by Crippen LogP contribution is -2.30. The first-order valence-corrected chi connectivity index (χ1v) is 23.6. The number of rotatable bonds is 41. The molecule has 0 bridgehead atoms. The molecule has 0 aliphatic heterocycles. The van der Waals surface area contributed by atoms with Crippen molar-refractivity contribution in [2.24, 2.45) is 0 Å². The predicted octanol–water partition coefficient (Wildman–Crippen LogP) is 15.3. The summed E-state index contributed by atoms with van der Waals surface area (Å²) >= 11 is 0. The molecule has 0 aliphatic rings. The van der Waals surface area contributed by atoms with Gasteiger partial charge in [0, 0.05) is 19.3 Å². The van der Waals surface area contributed by atoms with Crippen LogP contribution in [0, 0.1) is 0 Å². The number of esters is 3. The maximum absolute atomic E-state index is 12.7. The Morgan fingerprint density at radius 2 is 0.724 bits per heavy atom. The first-order chi connectivity index (χ1) is 28.5. The van der Waals surface area contributed by atoms with Crippen molar-refractivity contribution in [3.63, 3.8) is 0 Å². The second-order valence-electron chi connectivity index (χ2n) is 15.3. The number of ether oxygens (including phenoxy) is 3.